The molecule has 3 nitrogen and oxygen atoms in total. The molecule has 1 spiro atoms. The van der Waals surface area contributed by atoms with Gasteiger partial charge >= 0.3 is 0 Å². The second-order valence-corrected chi connectivity index (χ2v) is 9.76. The molecule has 0 N–H and O–H groups in total. The molecule has 0 radical (unpaired) electrons. The summed E-state index contributed by atoms with van der Waals surface area (Å²) in [7, 11) is 0. The summed E-state index contributed by atoms with van der Waals surface area (Å²) < 4.78 is 0. The van der Waals surface area contributed by atoms with Crippen molar-refractivity contribution < 1.29 is 0 Å². The topological polar surface area (TPSA) is 29.0 Å². The standard InChI is InChI=1S/C21H29N3S/c1-15-22-18(14-24-11-9-21(7-8-21)10-12-24)17-13-19(25-20(17)23-15)16-5-3-2-4-6-16/h13,16H,2-12,14H2,1H3. The number of aromatic nitrogens is 2. The average Bonchev–Trinajstić information content (AvgIpc) is 3.24. The predicted molar refractivity (Wildman–Crippen MR) is 104 cm³/mol. The van der Waals surface area contributed by atoms with Gasteiger partial charge in [0.15, 0.2) is 0 Å². The lowest BCUT2D eigenvalue weighted by molar-refractivity contribution is 0.165. The Hall–Kier alpha value is -1.00. The molecule has 2 aromatic heterocycles. The van der Waals surface area contributed by atoms with Crippen LogP contribution in [0.3, 0.4) is 0 Å². The van der Waals surface area contributed by atoms with Gasteiger partial charge in [0.05, 0.1) is 5.69 Å². The van der Waals surface area contributed by atoms with Gasteiger partial charge in [0.2, 0.25) is 0 Å². The van der Waals surface area contributed by atoms with E-state index in [1.165, 1.54) is 86.8 Å². The minimum Gasteiger partial charge on any atom is -0.297 e. The maximum atomic E-state index is 4.86. The zero-order valence-electron chi connectivity index (χ0n) is 15.4. The number of hydrogen-bond donors (Lipinski definition) is 0. The predicted octanol–water partition coefficient (Wildman–Crippen LogP) is 5.42. The molecule has 0 bridgehead atoms. The van der Waals surface area contributed by atoms with E-state index in [9.17, 15) is 0 Å². The maximum Gasteiger partial charge on any atom is 0.127 e. The van der Waals surface area contributed by atoms with E-state index in [2.05, 4.69) is 17.9 Å². The summed E-state index contributed by atoms with van der Waals surface area (Å²) in [5, 5.41) is 1.34. The van der Waals surface area contributed by atoms with Crippen LogP contribution in [0.4, 0.5) is 0 Å². The second kappa shape index (κ2) is 6.31. The molecular formula is C21H29N3S. The van der Waals surface area contributed by atoms with Crippen molar-refractivity contribution in [3.05, 3.63) is 22.5 Å². The molecule has 2 aliphatic carbocycles. The third kappa shape index (κ3) is 3.23. The Morgan fingerprint density at radius 1 is 1.08 bits per heavy atom. The van der Waals surface area contributed by atoms with Crippen molar-refractivity contribution in [1.82, 2.24) is 14.9 Å². The third-order valence-electron chi connectivity index (χ3n) is 6.86. The highest BCUT2D eigenvalue weighted by atomic mass is 32.1. The van der Waals surface area contributed by atoms with Crippen molar-refractivity contribution in [1.29, 1.82) is 0 Å². The van der Waals surface area contributed by atoms with Crippen molar-refractivity contribution in [3.63, 3.8) is 0 Å². The molecule has 25 heavy (non-hydrogen) atoms. The molecule has 1 aliphatic heterocycles. The lowest BCUT2D eigenvalue weighted by atomic mass is 9.88. The highest BCUT2D eigenvalue weighted by Crippen LogP contribution is 2.53. The molecule has 134 valence electrons. The fraction of sp³-hybridized carbons (Fsp3) is 0.714. The Kier molecular flexibility index (Phi) is 4.09. The highest BCUT2D eigenvalue weighted by Gasteiger charge is 2.44. The van der Waals surface area contributed by atoms with E-state index in [0.717, 1.165) is 23.7 Å². The van der Waals surface area contributed by atoms with Gasteiger partial charge in [-0.25, -0.2) is 9.97 Å². The monoisotopic (exact) mass is 355 g/mol. The zero-order chi connectivity index (χ0) is 16.9. The Morgan fingerprint density at radius 3 is 2.56 bits per heavy atom. The molecule has 0 amide bonds. The van der Waals surface area contributed by atoms with Crippen LogP contribution in [0.1, 0.15) is 80.1 Å². The van der Waals surface area contributed by atoms with E-state index in [4.69, 9.17) is 9.97 Å². The summed E-state index contributed by atoms with van der Waals surface area (Å²) in [6, 6.07) is 2.44. The number of fused-ring (bicyclic) bond motifs is 1. The van der Waals surface area contributed by atoms with Crippen LogP contribution in [-0.2, 0) is 6.54 Å². The molecule has 3 heterocycles. The first kappa shape index (κ1) is 16.2. The first-order chi connectivity index (χ1) is 12.2. The molecule has 0 atom stereocenters. The quantitative estimate of drug-likeness (QED) is 0.736. The van der Waals surface area contributed by atoms with Crippen molar-refractivity contribution in [3.8, 4) is 0 Å². The Balaban J connectivity index is 1.40. The van der Waals surface area contributed by atoms with Crippen LogP contribution in [-0.4, -0.2) is 28.0 Å². The fourth-order valence-corrected chi connectivity index (χ4v) is 6.17. The van der Waals surface area contributed by atoms with Gasteiger partial charge in [0.1, 0.15) is 10.7 Å². The molecule has 3 aliphatic rings. The highest BCUT2D eigenvalue weighted by molar-refractivity contribution is 7.18. The minimum atomic E-state index is 0.754. The van der Waals surface area contributed by atoms with Gasteiger partial charge in [0, 0.05) is 16.8 Å². The van der Waals surface area contributed by atoms with Gasteiger partial charge in [-0.05, 0) is 75.9 Å². The number of aryl methyl sites for hydroxylation is 1. The lowest BCUT2D eigenvalue weighted by Gasteiger charge is -2.31. The van der Waals surface area contributed by atoms with Gasteiger partial charge in [-0.3, -0.25) is 4.90 Å². The number of hydrogen-bond acceptors (Lipinski definition) is 4. The van der Waals surface area contributed by atoms with Crippen molar-refractivity contribution in [2.24, 2.45) is 5.41 Å². The molecule has 4 heteroatoms. The van der Waals surface area contributed by atoms with Gasteiger partial charge in [-0.15, -0.1) is 11.3 Å². The number of nitrogens with zero attached hydrogens (tertiary/aromatic N) is 3. The molecule has 0 aromatic carbocycles. The summed E-state index contributed by atoms with van der Waals surface area (Å²) in [5.41, 5.74) is 2.02. The first-order valence-electron chi connectivity index (χ1n) is 10.2. The number of rotatable bonds is 3. The summed E-state index contributed by atoms with van der Waals surface area (Å²) >= 11 is 1.93. The average molecular weight is 356 g/mol. The van der Waals surface area contributed by atoms with Crippen LogP contribution in [0.2, 0.25) is 0 Å². The summed E-state index contributed by atoms with van der Waals surface area (Å²) in [4.78, 5) is 15.0. The maximum absolute atomic E-state index is 4.86. The van der Waals surface area contributed by atoms with Crippen LogP contribution in [0.25, 0.3) is 10.2 Å². The summed E-state index contributed by atoms with van der Waals surface area (Å²) in [6.45, 7) is 5.57. The Labute approximate surface area is 154 Å². The van der Waals surface area contributed by atoms with E-state index >= 15 is 0 Å². The molecule has 3 fully saturated rings. The van der Waals surface area contributed by atoms with Crippen LogP contribution in [0.5, 0.6) is 0 Å². The Morgan fingerprint density at radius 2 is 1.84 bits per heavy atom. The van der Waals surface area contributed by atoms with Gasteiger partial charge in [-0.2, -0.15) is 0 Å². The van der Waals surface area contributed by atoms with Gasteiger partial charge in [0.25, 0.3) is 0 Å². The minimum absolute atomic E-state index is 0.754. The fourth-order valence-electron chi connectivity index (χ4n) is 4.90. The number of piperidine rings is 1. The van der Waals surface area contributed by atoms with E-state index in [-0.39, 0.29) is 0 Å². The normalized spacial score (nSPS) is 24.2. The third-order valence-corrected chi connectivity index (χ3v) is 8.05. The Bertz CT molecular complexity index is 761. The van der Waals surface area contributed by atoms with Crippen molar-refractivity contribution >= 4 is 21.6 Å². The number of thiophene rings is 1. The molecule has 1 saturated heterocycles. The van der Waals surface area contributed by atoms with E-state index < -0.39 is 0 Å². The van der Waals surface area contributed by atoms with Crippen molar-refractivity contribution in [2.75, 3.05) is 13.1 Å². The van der Waals surface area contributed by atoms with E-state index in [1.807, 2.05) is 11.3 Å². The van der Waals surface area contributed by atoms with Gasteiger partial charge in [-0.1, -0.05) is 19.3 Å². The van der Waals surface area contributed by atoms with Gasteiger partial charge < -0.3 is 0 Å². The van der Waals surface area contributed by atoms with Crippen LogP contribution >= 0.6 is 11.3 Å². The SMILES string of the molecule is Cc1nc(CN2CCC3(CC2)CC3)c2cc(C3CCCCC3)sc2n1. The molecule has 2 aromatic rings. The molecule has 5 rings (SSSR count). The summed E-state index contributed by atoms with van der Waals surface area (Å²) in [6.07, 6.45) is 12.7. The van der Waals surface area contributed by atoms with Crippen molar-refractivity contribution in [2.45, 2.75) is 77.2 Å². The number of likely N-dealkylation sites (tertiary alicyclic amines) is 1. The second-order valence-electron chi connectivity index (χ2n) is 8.70. The molecular weight excluding hydrogens is 326 g/mol. The van der Waals surface area contributed by atoms with E-state index in [0.29, 0.717) is 0 Å². The molecule has 2 saturated carbocycles. The van der Waals surface area contributed by atoms with Crippen LogP contribution < -0.4 is 0 Å². The largest absolute Gasteiger partial charge is 0.297 e. The van der Waals surface area contributed by atoms with Crippen LogP contribution in [0.15, 0.2) is 6.07 Å². The zero-order valence-corrected chi connectivity index (χ0v) is 16.2. The lowest BCUT2D eigenvalue weighted by Crippen LogP contribution is -2.34. The molecule has 0 unspecified atom stereocenters. The van der Waals surface area contributed by atoms with Crippen LogP contribution in [0, 0.1) is 12.3 Å². The smallest absolute Gasteiger partial charge is 0.127 e. The summed E-state index contributed by atoms with van der Waals surface area (Å²) in [5.74, 6) is 1.71. The van der Waals surface area contributed by atoms with E-state index in [1.54, 1.807) is 4.88 Å². The first-order valence-corrected chi connectivity index (χ1v) is 11.0.